The van der Waals surface area contributed by atoms with Gasteiger partial charge in [0.1, 0.15) is 0 Å². The number of fused-ring (bicyclic) bond motifs is 1. The van der Waals surface area contributed by atoms with Crippen LogP contribution in [0.3, 0.4) is 0 Å². The molecule has 1 amide bonds. The van der Waals surface area contributed by atoms with E-state index in [4.69, 9.17) is 0 Å². The highest BCUT2D eigenvalue weighted by Crippen LogP contribution is 2.27. The van der Waals surface area contributed by atoms with Gasteiger partial charge in [-0.3, -0.25) is 4.79 Å². The first-order valence-corrected chi connectivity index (χ1v) is 6.47. The number of amides is 1. The number of likely N-dealkylation sites (tertiary alicyclic amines) is 1. The Morgan fingerprint density at radius 1 is 1.38 bits per heavy atom. The first kappa shape index (κ1) is 11.9. The molecular formula is C13H24N2O. The summed E-state index contributed by atoms with van der Waals surface area (Å²) in [6.07, 6.45) is 3.23. The topological polar surface area (TPSA) is 32.3 Å². The van der Waals surface area contributed by atoms with Gasteiger partial charge in [0, 0.05) is 25.6 Å². The molecule has 1 N–H and O–H groups in total. The Bertz CT molecular complexity index is 256. The maximum atomic E-state index is 12.1. The van der Waals surface area contributed by atoms with E-state index in [-0.39, 0.29) is 5.41 Å². The normalized spacial score (nSPS) is 30.3. The Morgan fingerprint density at radius 2 is 2.12 bits per heavy atom. The summed E-state index contributed by atoms with van der Waals surface area (Å²) in [5.41, 5.74) is 0.109. The second kappa shape index (κ2) is 4.36. The average Bonchev–Trinajstić information content (AvgIpc) is 2.58. The van der Waals surface area contributed by atoms with Crippen molar-refractivity contribution in [2.24, 2.45) is 11.3 Å². The predicted molar refractivity (Wildman–Crippen MR) is 65.2 cm³/mol. The smallest absolute Gasteiger partial charge is 0.223 e. The van der Waals surface area contributed by atoms with E-state index in [0.29, 0.717) is 24.3 Å². The van der Waals surface area contributed by atoms with Crippen LogP contribution >= 0.6 is 0 Å². The summed E-state index contributed by atoms with van der Waals surface area (Å²) in [6.45, 7) is 9.43. The van der Waals surface area contributed by atoms with E-state index in [1.807, 2.05) is 0 Å². The fourth-order valence-electron chi connectivity index (χ4n) is 2.82. The van der Waals surface area contributed by atoms with Crippen LogP contribution in [0, 0.1) is 11.3 Å². The van der Waals surface area contributed by atoms with Gasteiger partial charge in [0.2, 0.25) is 5.91 Å². The van der Waals surface area contributed by atoms with Gasteiger partial charge in [-0.05, 0) is 30.7 Å². The number of hydrogen-bond acceptors (Lipinski definition) is 2. The third kappa shape index (κ3) is 2.76. The van der Waals surface area contributed by atoms with Gasteiger partial charge in [-0.15, -0.1) is 0 Å². The summed E-state index contributed by atoms with van der Waals surface area (Å²) in [7, 11) is 0. The second-order valence-corrected chi connectivity index (χ2v) is 6.50. The molecule has 2 aliphatic rings. The van der Waals surface area contributed by atoms with E-state index in [1.165, 1.54) is 12.8 Å². The molecule has 3 nitrogen and oxygen atoms in total. The molecule has 3 heteroatoms. The van der Waals surface area contributed by atoms with Crippen molar-refractivity contribution in [3.05, 3.63) is 0 Å². The molecule has 2 saturated heterocycles. The molecule has 2 aliphatic heterocycles. The fraction of sp³-hybridized carbons (Fsp3) is 0.923. The number of nitrogens with zero attached hydrogens (tertiary/aromatic N) is 1. The van der Waals surface area contributed by atoms with E-state index in [9.17, 15) is 4.79 Å². The van der Waals surface area contributed by atoms with Crippen LogP contribution in [0.5, 0.6) is 0 Å². The van der Waals surface area contributed by atoms with Crippen LogP contribution < -0.4 is 5.32 Å². The maximum absolute atomic E-state index is 12.1. The molecule has 2 rings (SSSR count). The monoisotopic (exact) mass is 224 g/mol. The Morgan fingerprint density at radius 3 is 2.75 bits per heavy atom. The standard InChI is InChI=1S/C13H24N2O/c1-13(2,3)7-12(16)15-8-10-5-4-6-14-11(10)9-15/h10-11,14H,4-9H2,1-3H3. The van der Waals surface area contributed by atoms with Crippen molar-refractivity contribution >= 4 is 5.91 Å². The largest absolute Gasteiger partial charge is 0.341 e. The zero-order chi connectivity index (χ0) is 11.8. The number of rotatable bonds is 1. The Hall–Kier alpha value is -0.570. The van der Waals surface area contributed by atoms with E-state index >= 15 is 0 Å². The number of piperidine rings is 1. The minimum Gasteiger partial charge on any atom is -0.341 e. The summed E-state index contributed by atoms with van der Waals surface area (Å²) in [6, 6.07) is 0.567. The molecule has 92 valence electrons. The van der Waals surface area contributed by atoms with Gasteiger partial charge in [0.15, 0.2) is 0 Å². The van der Waals surface area contributed by atoms with Crippen LogP contribution in [0.25, 0.3) is 0 Å². The Labute approximate surface area is 98.6 Å². The molecule has 0 spiro atoms. The first-order chi connectivity index (χ1) is 7.46. The quantitative estimate of drug-likeness (QED) is 0.734. The lowest BCUT2D eigenvalue weighted by molar-refractivity contribution is -0.132. The molecule has 0 radical (unpaired) electrons. The number of carbonyl (C=O) groups is 1. The van der Waals surface area contributed by atoms with Gasteiger partial charge in [0.05, 0.1) is 0 Å². The highest BCUT2D eigenvalue weighted by atomic mass is 16.2. The van der Waals surface area contributed by atoms with Gasteiger partial charge in [-0.1, -0.05) is 20.8 Å². The summed E-state index contributed by atoms with van der Waals surface area (Å²) < 4.78 is 0. The Kier molecular flexibility index (Phi) is 3.24. The predicted octanol–water partition coefficient (Wildman–Crippen LogP) is 1.63. The van der Waals surface area contributed by atoms with Crippen molar-refractivity contribution in [2.45, 2.75) is 46.1 Å². The molecule has 2 fully saturated rings. The van der Waals surface area contributed by atoms with Gasteiger partial charge >= 0.3 is 0 Å². The number of nitrogens with one attached hydrogen (secondary N) is 1. The van der Waals surface area contributed by atoms with Gasteiger partial charge < -0.3 is 10.2 Å². The van der Waals surface area contributed by atoms with Crippen molar-refractivity contribution in [1.82, 2.24) is 10.2 Å². The van der Waals surface area contributed by atoms with Crippen molar-refractivity contribution in [3.8, 4) is 0 Å². The first-order valence-electron chi connectivity index (χ1n) is 6.47. The fourth-order valence-corrected chi connectivity index (χ4v) is 2.82. The highest BCUT2D eigenvalue weighted by molar-refractivity contribution is 5.77. The molecule has 0 aromatic heterocycles. The molecule has 0 saturated carbocycles. The van der Waals surface area contributed by atoms with Crippen molar-refractivity contribution in [3.63, 3.8) is 0 Å². The summed E-state index contributed by atoms with van der Waals surface area (Å²) in [5.74, 6) is 1.04. The SMILES string of the molecule is CC(C)(C)CC(=O)N1CC2CCCNC2C1. The zero-order valence-corrected chi connectivity index (χ0v) is 10.8. The van der Waals surface area contributed by atoms with E-state index in [2.05, 4.69) is 31.0 Å². The number of carbonyl (C=O) groups excluding carboxylic acids is 1. The lowest BCUT2D eigenvalue weighted by Gasteiger charge is -2.24. The minimum atomic E-state index is 0.109. The van der Waals surface area contributed by atoms with E-state index < -0.39 is 0 Å². The molecule has 0 aromatic carbocycles. The molecule has 2 unspecified atom stereocenters. The number of hydrogen-bond donors (Lipinski definition) is 1. The molecule has 0 bridgehead atoms. The molecule has 0 aromatic rings. The summed E-state index contributed by atoms with van der Waals surface area (Å²) in [4.78, 5) is 14.2. The average molecular weight is 224 g/mol. The third-order valence-corrected chi connectivity index (χ3v) is 3.63. The Balaban J connectivity index is 1.90. The van der Waals surface area contributed by atoms with Gasteiger partial charge in [0.25, 0.3) is 0 Å². The van der Waals surface area contributed by atoms with Gasteiger partial charge in [-0.2, -0.15) is 0 Å². The molecule has 16 heavy (non-hydrogen) atoms. The van der Waals surface area contributed by atoms with Crippen LogP contribution in [0.2, 0.25) is 0 Å². The van der Waals surface area contributed by atoms with Crippen LogP contribution in [-0.2, 0) is 4.79 Å². The third-order valence-electron chi connectivity index (χ3n) is 3.63. The van der Waals surface area contributed by atoms with Crippen LogP contribution in [0.1, 0.15) is 40.0 Å². The lowest BCUT2D eigenvalue weighted by Crippen LogP contribution is -2.41. The van der Waals surface area contributed by atoms with Crippen molar-refractivity contribution < 1.29 is 4.79 Å². The van der Waals surface area contributed by atoms with Crippen LogP contribution in [0.4, 0.5) is 0 Å². The van der Waals surface area contributed by atoms with E-state index in [0.717, 1.165) is 19.6 Å². The van der Waals surface area contributed by atoms with Crippen LogP contribution in [-0.4, -0.2) is 36.5 Å². The van der Waals surface area contributed by atoms with Crippen molar-refractivity contribution in [1.29, 1.82) is 0 Å². The molecule has 0 aliphatic carbocycles. The molecule has 2 atom stereocenters. The van der Waals surface area contributed by atoms with Gasteiger partial charge in [-0.25, -0.2) is 0 Å². The second-order valence-electron chi connectivity index (χ2n) is 6.50. The summed E-state index contributed by atoms with van der Waals surface area (Å²) >= 11 is 0. The lowest BCUT2D eigenvalue weighted by atomic mass is 9.91. The zero-order valence-electron chi connectivity index (χ0n) is 10.8. The molecular weight excluding hydrogens is 200 g/mol. The van der Waals surface area contributed by atoms with Crippen LogP contribution in [0.15, 0.2) is 0 Å². The minimum absolute atomic E-state index is 0.109. The maximum Gasteiger partial charge on any atom is 0.223 e. The summed E-state index contributed by atoms with van der Waals surface area (Å²) in [5, 5.41) is 3.53. The molecule has 2 heterocycles. The van der Waals surface area contributed by atoms with Crippen molar-refractivity contribution in [2.75, 3.05) is 19.6 Å². The van der Waals surface area contributed by atoms with E-state index in [1.54, 1.807) is 0 Å². The highest BCUT2D eigenvalue weighted by Gasteiger charge is 2.36.